The molecule has 2 aliphatic heterocycles. The zero-order chi connectivity index (χ0) is 33.9. The summed E-state index contributed by atoms with van der Waals surface area (Å²) >= 11 is 1.10. The molecule has 4 aromatic rings. The first-order valence-electron chi connectivity index (χ1n) is 15.7. The van der Waals surface area contributed by atoms with Crippen LogP contribution in [0.2, 0.25) is 0 Å². The number of piperazine rings is 1. The molecule has 48 heavy (non-hydrogen) atoms. The van der Waals surface area contributed by atoms with Crippen molar-refractivity contribution in [1.29, 1.82) is 0 Å². The van der Waals surface area contributed by atoms with Gasteiger partial charge in [-0.2, -0.15) is 17.5 Å². The highest BCUT2D eigenvalue weighted by Crippen LogP contribution is 2.39. The first kappa shape index (κ1) is 34.2. The van der Waals surface area contributed by atoms with Gasteiger partial charge in [-0.3, -0.25) is 0 Å². The van der Waals surface area contributed by atoms with Gasteiger partial charge in [-0.1, -0.05) is 60.7 Å². The van der Waals surface area contributed by atoms with E-state index in [1.165, 1.54) is 4.31 Å². The van der Waals surface area contributed by atoms with E-state index < -0.39 is 27.4 Å². The van der Waals surface area contributed by atoms with Gasteiger partial charge in [0.1, 0.15) is 9.21 Å². The molecule has 9 nitrogen and oxygen atoms in total. The number of aliphatic hydroxyl groups is 1. The number of halogens is 3. The minimum Gasteiger partial charge on any atom is -0.381 e. The molecular weight excluding hydrogens is 664 g/mol. The van der Waals surface area contributed by atoms with Crippen molar-refractivity contribution in [2.45, 2.75) is 48.2 Å². The van der Waals surface area contributed by atoms with Crippen LogP contribution < -0.4 is 4.90 Å². The highest BCUT2D eigenvalue weighted by Gasteiger charge is 2.51. The van der Waals surface area contributed by atoms with Gasteiger partial charge in [-0.15, -0.1) is 11.3 Å². The number of aromatic nitrogens is 2. The third-order valence-electron chi connectivity index (χ3n) is 8.88. The Morgan fingerprint density at radius 1 is 0.958 bits per heavy atom. The molecule has 2 atom stereocenters. The van der Waals surface area contributed by atoms with E-state index in [1.807, 2.05) is 65.6 Å². The second-order valence-corrected chi connectivity index (χ2v) is 15.4. The Labute approximate surface area is 281 Å². The van der Waals surface area contributed by atoms with E-state index in [9.17, 15) is 26.7 Å². The van der Waals surface area contributed by atoms with E-state index in [2.05, 4.69) is 9.97 Å². The van der Waals surface area contributed by atoms with E-state index in [0.717, 1.165) is 53.4 Å². The molecule has 14 heteroatoms. The normalized spacial score (nSPS) is 19.5. The van der Waals surface area contributed by atoms with Crippen LogP contribution >= 0.6 is 11.3 Å². The van der Waals surface area contributed by atoms with Crippen molar-refractivity contribution in [2.24, 2.45) is 10.9 Å². The van der Waals surface area contributed by atoms with E-state index >= 15 is 0 Å². The highest BCUT2D eigenvalue weighted by atomic mass is 32.2. The Morgan fingerprint density at radius 2 is 1.56 bits per heavy atom. The minimum atomic E-state index is -4.90. The van der Waals surface area contributed by atoms with E-state index in [4.69, 9.17) is 9.73 Å². The molecule has 2 saturated heterocycles. The van der Waals surface area contributed by atoms with Crippen LogP contribution in [0.15, 0.2) is 94.4 Å². The van der Waals surface area contributed by atoms with Crippen molar-refractivity contribution >= 4 is 38.0 Å². The molecular formula is C34H36F3N5O4S2. The fourth-order valence-electron chi connectivity index (χ4n) is 6.00. The predicted octanol–water partition coefficient (Wildman–Crippen LogP) is 6.17. The van der Waals surface area contributed by atoms with Crippen LogP contribution in [0.3, 0.4) is 0 Å². The summed E-state index contributed by atoms with van der Waals surface area (Å²) in [6, 6.07) is 22.4. The Morgan fingerprint density at radius 3 is 2.15 bits per heavy atom. The van der Waals surface area contributed by atoms with Crippen molar-refractivity contribution < 1.29 is 31.4 Å². The number of aliphatic imine (C=N–C) groups is 1. The summed E-state index contributed by atoms with van der Waals surface area (Å²) in [5, 5.41) is 10.6. The summed E-state index contributed by atoms with van der Waals surface area (Å²) in [6.45, 7) is 2.42. The van der Waals surface area contributed by atoms with Gasteiger partial charge >= 0.3 is 6.18 Å². The molecule has 2 fully saturated rings. The number of ether oxygens (including phenoxy) is 1. The number of thiophene rings is 1. The van der Waals surface area contributed by atoms with Crippen LogP contribution in [-0.2, 0) is 20.4 Å². The molecule has 0 saturated carbocycles. The van der Waals surface area contributed by atoms with Gasteiger partial charge in [0.2, 0.25) is 5.95 Å². The maximum atomic E-state index is 14.0. The Balaban J connectivity index is 1.25. The van der Waals surface area contributed by atoms with Gasteiger partial charge in [0.15, 0.2) is 5.60 Å². The molecule has 2 aromatic heterocycles. The molecule has 4 heterocycles. The molecule has 0 aliphatic carbocycles. The van der Waals surface area contributed by atoms with E-state index in [1.54, 1.807) is 12.1 Å². The number of hydrogen-bond acceptors (Lipinski definition) is 9. The second-order valence-electron chi connectivity index (χ2n) is 12.1. The standard InChI is InChI=1S/C34H36F3N5O4S2/c1-33(43,34(35,36)37)27-21-38-32(39-22-27)42-17-16-41(23-28(42)20-24-14-18-46-19-15-24)48(44,45)30-13-12-29(47-30)40-31(25-8-4-2-5-9-25)26-10-6-3-7-11-26/h2-13,21-22,24,28,43H,14-20,23H2,1H3/t28-,33?/m0/s1. The first-order chi connectivity index (χ1) is 22.9. The zero-order valence-corrected chi connectivity index (χ0v) is 27.9. The van der Waals surface area contributed by atoms with Crippen LogP contribution in [0.4, 0.5) is 24.1 Å². The lowest BCUT2D eigenvalue weighted by molar-refractivity contribution is -0.259. The van der Waals surface area contributed by atoms with Crippen molar-refractivity contribution in [3.05, 3.63) is 102 Å². The molecule has 2 aromatic carbocycles. The average molecular weight is 700 g/mol. The van der Waals surface area contributed by atoms with Gasteiger partial charge in [-0.25, -0.2) is 23.4 Å². The molecule has 6 rings (SSSR count). The summed E-state index contributed by atoms with van der Waals surface area (Å²) in [7, 11) is -3.90. The van der Waals surface area contributed by atoms with Crippen LogP contribution in [0, 0.1) is 5.92 Å². The first-order valence-corrected chi connectivity index (χ1v) is 17.9. The molecule has 254 valence electrons. The molecule has 1 N–H and O–H groups in total. The van der Waals surface area contributed by atoms with Crippen molar-refractivity contribution in [1.82, 2.24) is 14.3 Å². The quantitative estimate of drug-likeness (QED) is 0.208. The van der Waals surface area contributed by atoms with E-state index in [0.29, 0.717) is 31.6 Å². The van der Waals surface area contributed by atoms with Gasteiger partial charge in [0.05, 0.1) is 5.71 Å². The number of anilines is 1. The van der Waals surface area contributed by atoms with Crippen molar-refractivity contribution in [2.75, 3.05) is 37.7 Å². The number of benzene rings is 2. The molecule has 0 spiro atoms. The largest absolute Gasteiger partial charge is 0.421 e. The fourth-order valence-corrected chi connectivity index (χ4v) is 8.79. The molecule has 0 amide bonds. The number of alkyl halides is 3. The summed E-state index contributed by atoms with van der Waals surface area (Å²) in [4.78, 5) is 15.2. The summed E-state index contributed by atoms with van der Waals surface area (Å²) in [5.74, 6) is 0.462. The van der Waals surface area contributed by atoms with Gasteiger partial charge in [0.25, 0.3) is 10.0 Å². The average Bonchev–Trinajstić information content (AvgIpc) is 3.58. The number of hydrogen-bond donors (Lipinski definition) is 1. The van der Waals surface area contributed by atoms with E-state index in [-0.39, 0.29) is 41.8 Å². The number of nitrogens with zero attached hydrogens (tertiary/aromatic N) is 5. The Kier molecular flexibility index (Phi) is 10.00. The molecule has 1 unspecified atom stereocenters. The lowest BCUT2D eigenvalue weighted by atomic mass is 9.91. The van der Waals surface area contributed by atoms with Crippen LogP contribution in [0.5, 0.6) is 0 Å². The number of rotatable bonds is 9. The van der Waals surface area contributed by atoms with Crippen molar-refractivity contribution in [3.8, 4) is 0 Å². The summed E-state index contributed by atoms with van der Waals surface area (Å²) in [5.41, 5.74) is -1.03. The predicted molar refractivity (Wildman–Crippen MR) is 178 cm³/mol. The fraction of sp³-hybridized carbons (Fsp3) is 0.382. The SMILES string of the molecule is CC(O)(c1cnc(N2CCN(S(=O)(=O)c3ccc(N=C(c4ccccc4)c4ccccc4)s3)C[C@@H]2CC2CCOCC2)nc1)C(F)(F)F. The van der Waals surface area contributed by atoms with Gasteiger partial charge in [-0.05, 0) is 44.2 Å². The monoisotopic (exact) mass is 699 g/mol. The lowest BCUT2D eigenvalue weighted by Crippen LogP contribution is -2.56. The van der Waals surface area contributed by atoms with Gasteiger partial charge in [0, 0.05) is 68.0 Å². The van der Waals surface area contributed by atoms with Crippen molar-refractivity contribution in [3.63, 3.8) is 0 Å². The summed E-state index contributed by atoms with van der Waals surface area (Å²) in [6.07, 6.45) is -0.653. The highest BCUT2D eigenvalue weighted by molar-refractivity contribution is 7.91. The maximum absolute atomic E-state index is 14.0. The summed E-state index contributed by atoms with van der Waals surface area (Å²) < 4.78 is 75.5. The van der Waals surface area contributed by atoms with Gasteiger partial charge < -0.3 is 14.7 Å². The third kappa shape index (κ3) is 7.32. The number of sulfonamides is 1. The Bertz CT molecular complexity index is 1770. The van der Waals surface area contributed by atoms with Crippen LogP contribution in [-0.4, -0.2) is 78.6 Å². The zero-order valence-electron chi connectivity index (χ0n) is 26.3. The minimum absolute atomic E-state index is 0.133. The molecule has 0 bridgehead atoms. The molecule has 0 radical (unpaired) electrons. The third-order valence-corrected chi connectivity index (χ3v) is 12.2. The second kappa shape index (κ2) is 14.0. The maximum Gasteiger partial charge on any atom is 0.421 e. The smallest absolute Gasteiger partial charge is 0.381 e. The Hall–Kier alpha value is -3.69. The molecule has 2 aliphatic rings. The van der Waals surface area contributed by atoms with Crippen LogP contribution in [0.1, 0.15) is 42.9 Å². The van der Waals surface area contributed by atoms with Crippen LogP contribution in [0.25, 0.3) is 0 Å². The topological polar surface area (TPSA) is 108 Å². The lowest BCUT2D eigenvalue weighted by Gasteiger charge is -2.42.